The third-order valence-corrected chi connectivity index (χ3v) is 3.83. The number of nitrogens with zero attached hydrogens (tertiary/aromatic N) is 4. The topological polar surface area (TPSA) is 81.9 Å². The van der Waals surface area contributed by atoms with E-state index >= 15 is 0 Å². The number of tetrazole rings is 1. The third kappa shape index (κ3) is 5.06. The van der Waals surface area contributed by atoms with E-state index in [9.17, 15) is 18.0 Å². The first-order valence-electron chi connectivity index (χ1n) is 8.25. The smallest absolute Gasteiger partial charge is 0.406 e. The summed E-state index contributed by atoms with van der Waals surface area (Å²) >= 11 is 0. The van der Waals surface area contributed by atoms with Crippen LogP contribution in [0.15, 0.2) is 48.5 Å². The second kappa shape index (κ2) is 8.07. The summed E-state index contributed by atoms with van der Waals surface area (Å²) in [5.41, 5.74) is 2.38. The van der Waals surface area contributed by atoms with E-state index in [2.05, 4.69) is 25.5 Å². The Balaban J connectivity index is 1.78. The monoisotopic (exact) mass is 391 g/mol. The molecule has 1 heterocycles. The molecule has 10 heteroatoms. The number of hydrogen-bond acceptors (Lipinski definition) is 5. The zero-order chi connectivity index (χ0) is 20.1. The van der Waals surface area contributed by atoms with Crippen molar-refractivity contribution in [2.24, 2.45) is 0 Å². The standard InChI is InChI=1S/C18H16F3N5O2/c1-22-16(27)11-26-24-17(23-25-26)15-5-3-2-4-13(15)10-12-6-8-14(9-7-12)28-18(19,20)21/h2-9H,10-11H2,1H3,(H,22,27). The van der Waals surface area contributed by atoms with E-state index in [1.807, 2.05) is 24.3 Å². The highest BCUT2D eigenvalue weighted by Crippen LogP contribution is 2.25. The number of halogens is 3. The van der Waals surface area contributed by atoms with Gasteiger partial charge in [0.15, 0.2) is 0 Å². The molecule has 146 valence electrons. The minimum Gasteiger partial charge on any atom is -0.406 e. The quantitative estimate of drug-likeness (QED) is 0.699. The summed E-state index contributed by atoms with van der Waals surface area (Å²) in [7, 11) is 1.51. The van der Waals surface area contributed by atoms with Gasteiger partial charge in [-0.2, -0.15) is 4.80 Å². The number of aromatic nitrogens is 4. The Labute approximate surface area is 158 Å². The number of rotatable bonds is 6. The molecule has 3 aromatic rings. The van der Waals surface area contributed by atoms with E-state index in [4.69, 9.17) is 0 Å². The Morgan fingerprint density at radius 2 is 1.86 bits per heavy atom. The van der Waals surface area contributed by atoms with E-state index in [0.717, 1.165) is 16.7 Å². The Hall–Kier alpha value is -3.43. The zero-order valence-corrected chi connectivity index (χ0v) is 14.8. The fraction of sp³-hybridized carbons (Fsp3) is 0.222. The zero-order valence-electron chi connectivity index (χ0n) is 14.8. The molecule has 3 rings (SSSR count). The summed E-state index contributed by atoms with van der Waals surface area (Å²) in [5, 5.41) is 14.5. The lowest BCUT2D eigenvalue weighted by atomic mass is 9.99. The average molecular weight is 391 g/mol. The van der Waals surface area contributed by atoms with Gasteiger partial charge in [0.1, 0.15) is 12.3 Å². The Kier molecular flexibility index (Phi) is 5.57. The summed E-state index contributed by atoms with van der Waals surface area (Å²) in [4.78, 5) is 12.6. The van der Waals surface area contributed by atoms with Gasteiger partial charge in [-0.25, -0.2) is 0 Å². The van der Waals surface area contributed by atoms with Crippen LogP contribution in [0.2, 0.25) is 0 Å². The maximum atomic E-state index is 12.3. The molecule has 0 aliphatic carbocycles. The Morgan fingerprint density at radius 3 is 2.54 bits per heavy atom. The molecule has 1 aromatic heterocycles. The second-order valence-electron chi connectivity index (χ2n) is 5.84. The number of carbonyl (C=O) groups excluding carboxylic acids is 1. The average Bonchev–Trinajstić information content (AvgIpc) is 3.10. The fourth-order valence-corrected chi connectivity index (χ4v) is 2.55. The molecule has 7 nitrogen and oxygen atoms in total. The first-order chi connectivity index (χ1) is 13.3. The number of likely N-dealkylation sites (N-methyl/N-ethyl adjacent to an activating group) is 1. The molecule has 28 heavy (non-hydrogen) atoms. The van der Waals surface area contributed by atoms with Gasteiger partial charge in [-0.1, -0.05) is 36.4 Å². The van der Waals surface area contributed by atoms with Crippen molar-refractivity contribution in [1.82, 2.24) is 25.5 Å². The van der Waals surface area contributed by atoms with Crippen molar-refractivity contribution in [1.29, 1.82) is 0 Å². The van der Waals surface area contributed by atoms with E-state index in [1.54, 1.807) is 12.1 Å². The van der Waals surface area contributed by atoms with Crippen LogP contribution in [0.5, 0.6) is 5.75 Å². The Bertz CT molecular complexity index is 954. The van der Waals surface area contributed by atoms with E-state index in [1.165, 1.54) is 24.0 Å². The van der Waals surface area contributed by atoms with Gasteiger partial charge in [-0.05, 0) is 34.9 Å². The van der Waals surface area contributed by atoms with Crippen LogP contribution in [-0.4, -0.2) is 39.5 Å². The first kappa shape index (κ1) is 19.3. The van der Waals surface area contributed by atoms with E-state index in [0.29, 0.717) is 12.2 Å². The number of nitrogens with one attached hydrogen (secondary N) is 1. The molecule has 0 fully saturated rings. The van der Waals surface area contributed by atoms with Crippen molar-refractivity contribution in [3.63, 3.8) is 0 Å². The maximum absolute atomic E-state index is 12.3. The normalized spacial score (nSPS) is 11.3. The number of ether oxygens (including phenoxy) is 1. The van der Waals surface area contributed by atoms with Gasteiger partial charge in [0.05, 0.1) is 0 Å². The maximum Gasteiger partial charge on any atom is 0.573 e. The molecule has 0 aliphatic rings. The number of benzene rings is 2. The van der Waals surface area contributed by atoms with Crippen molar-refractivity contribution in [3.05, 3.63) is 59.7 Å². The molecule has 0 aliphatic heterocycles. The molecule has 1 N–H and O–H groups in total. The highest BCUT2D eigenvalue weighted by molar-refractivity contribution is 5.75. The summed E-state index contributed by atoms with van der Waals surface area (Å²) in [6.45, 7) is -0.0493. The van der Waals surface area contributed by atoms with E-state index < -0.39 is 6.36 Å². The predicted molar refractivity (Wildman–Crippen MR) is 93.3 cm³/mol. The second-order valence-corrected chi connectivity index (χ2v) is 5.84. The minimum atomic E-state index is -4.72. The number of carbonyl (C=O) groups is 1. The highest BCUT2D eigenvalue weighted by Gasteiger charge is 2.30. The van der Waals surface area contributed by atoms with Gasteiger partial charge >= 0.3 is 6.36 Å². The van der Waals surface area contributed by atoms with Crippen molar-refractivity contribution in [3.8, 4) is 17.1 Å². The fourth-order valence-electron chi connectivity index (χ4n) is 2.55. The molecule has 0 radical (unpaired) electrons. The molecular formula is C18H16F3N5O2. The van der Waals surface area contributed by atoms with Crippen LogP contribution < -0.4 is 10.1 Å². The van der Waals surface area contributed by atoms with Crippen LogP contribution in [0, 0.1) is 0 Å². The van der Waals surface area contributed by atoms with Crippen molar-refractivity contribution >= 4 is 5.91 Å². The number of alkyl halides is 3. The molecule has 0 unspecified atom stereocenters. The van der Waals surface area contributed by atoms with Gasteiger partial charge in [-0.15, -0.1) is 23.4 Å². The van der Waals surface area contributed by atoms with Gasteiger partial charge in [0.25, 0.3) is 0 Å². The number of amides is 1. The molecule has 2 aromatic carbocycles. The largest absolute Gasteiger partial charge is 0.573 e. The summed E-state index contributed by atoms with van der Waals surface area (Å²) in [6.07, 6.45) is -4.27. The highest BCUT2D eigenvalue weighted by atomic mass is 19.4. The van der Waals surface area contributed by atoms with Crippen LogP contribution in [-0.2, 0) is 17.8 Å². The lowest BCUT2D eigenvalue weighted by Gasteiger charge is -2.10. The predicted octanol–water partition coefficient (Wildman–Crippen LogP) is 2.58. The third-order valence-electron chi connectivity index (χ3n) is 3.83. The lowest BCUT2D eigenvalue weighted by Crippen LogP contribution is -2.24. The van der Waals surface area contributed by atoms with Gasteiger partial charge in [0, 0.05) is 12.6 Å². The number of hydrogen-bond donors (Lipinski definition) is 1. The lowest BCUT2D eigenvalue weighted by molar-refractivity contribution is -0.274. The van der Waals surface area contributed by atoms with Crippen LogP contribution in [0.4, 0.5) is 13.2 Å². The van der Waals surface area contributed by atoms with Crippen molar-refractivity contribution in [2.75, 3.05) is 7.05 Å². The van der Waals surface area contributed by atoms with Gasteiger partial charge in [-0.3, -0.25) is 4.79 Å². The molecule has 0 bridgehead atoms. The molecule has 1 amide bonds. The van der Waals surface area contributed by atoms with Crippen LogP contribution in [0.1, 0.15) is 11.1 Å². The summed E-state index contributed by atoms with van der Waals surface area (Å²) in [6, 6.07) is 13.0. The van der Waals surface area contributed by atoms with Crippen LogP contribution in [0.25, 0.3) is 11.4 Å². The van der Waals surface area contributed by atoms with Gasteiger partial charge in [0.2, 0.25) is 11.7 Å². The SMILES string of the molecule is CNC(=O)Cn1nnc(-c2ccccc2Cc2ccc(OC(F)(F)F)cc2)n1. The molecule has 0 atom stereocenters. The van der Waals surface area contributed by atoms with Gasteiger partial charge < -0.3 is 10.1 Å². The van der Waals surface area contributed by atoms with Crippen LogP contribution >= 0.6 is 0 Å². The molecule has 0 spiro atoms. The summed E-state index contributed by atoms with van der Waals surface area (Å²) < 4.78 is 40.7. The molecule has 0 saturated carbocycles. The molecule has 0 saturated heterocycles. The first-order valence-corrected chi connectivity index (χ1v) is 8.25. The molecular weight excluding hydrogens is 375 g/mol. The van der Waals surface area contributed by atoms with Crippen LogP contribution in [0.3, 0.4) is 0 Å². The van der Waals surface area contributed by atoms with Crippen molar-refractivity contribution in [2.45, 2.75) is 19.3 Å². The van der Waals surface area contributed by atoms with Crippen molar-refractivity contribution < 1.29 is 22.7 Å². The minimum absolute atomic E-state index is 0.0493. The summed E-state index contributed by atoms with van der Waals surface area (Å²) in [5.74, 6) is -0.168. The van der Waals surface area contributed by atoms with E-state index in [-0.39, 0.29) is 18.2 Å². The Morgan fingerprint density at radius 1 is 1.14 bits per heavy atom.